The molecule has 0 radical (unpaired) electrons. The first kappa shape index (κ1) is 14.4. The molecule has 1 aromatic carbocycles. The van der Waals surface area contributed by atoms with Gasteiger partial charge in [-0.3, -0.25) is 0 Å². The molecule has 1 atom stereocenters. The van der Waals surface area contributed by atoms with Crippen molar-refractivity contribution < 1.29 is 16.8 Å². The maximum Gasteiger partial charge on any atom is 0.242 e. The van der Waals surface area contributed by atoms with Crippen LogP contribution >= 0.6 is 0 Å². The van der Waals surface area contributed by atoms with Gasteiger partial charge in [0, 0.05) is 6.04 Å². The number of hydrogen-bond acceptors (Lipinski definition) is 4. The summed E-state index contributed by atoms with van der Waals surface area (Å²) in [5.74, 6) is 0.330. The molecule has 3 N–H and O–H groups in total. The van der Waals surface area contributed by atoms with Crippen molar-refractivity contribution in [2.24, 2.45) is 11.1 Å². The molecule has 0 aliphatic heterocycles. The summed E-state index contributed by atoms with van der Waals surface area (Å²) in [4.78, 5) is -0.685. The third-order valence-electron chi connectivity index (χ3n) is 3.12. The first-order chi connectivity index (χ1) is 8.72. The molecule has 2 rings (SSSR count). The third-order valence-corrected chi connectivity index (χ3v) is 5.83. The lowest BCUT2D eigenvalue weighted by molar-refractivity contribution is 0.535. The Balaban J connectivity index is 2.40. The van der Waals surface area contributed by atoms with Crippen LogP contribution in [0, 0.1) is 5.92 Å². The summed E-state index contributed by atoms with van der Waals surface area (Å²) in [6, 6.07) is 5.11. The first-order valence-corrected chi connectivity index (χ1v) is 8.89. The van der Waals surface area contributed by atoms with Crippen LogP contribution in [-0.2, 0) is 20.0 Å². The van der Waals surface area contributed by atoms with Crippen molar-refractivity contribution in [2.45, 2.75) is 35.6 Å². The Morgan fingerprint density at radius 2 is 1.68 bits per heavy atom. The molecule has 19 heavy (non-hydrogen) atoms. The average Bonchev–Trinajstić information content (AvgIpc) is 3.11. The van der Waals surface area contributed by atoms with E-state index in [-0.39, 0.29) is 15.8 Å². The van der Waals surface area contributed by atoms with Crippen LogP contribution in [0.5, 0.6) is 0 Å². The van der Waals surface area contributed by atoms with Crippen LogP contribution in [0.25, 0.3) is 0 Å². The molecule has 106 valence electrons. The predicted octanol–water partition coefficient (Wildman–Crippen LogP) is 0.411. The number of primary sulfonamides is 1. The van der Waals surface area contributed by atoms with Gasteiger partial charge in [0.05, 0.1) is 0 Å². The van der Waals surface area contributed by atoms with Crippen LogP contribution in [0.1, 0.15) is 19.8 Å². The first-order valence-electron chi connectivity index (χ1n) is 5.86. The van der Waals surface area contributed by atoms with E-state index in [1.807, 2.05) is 0 Å². The van der Waals surface area contributed by atoms with E-state index in [1.54, 1.807) is 6.92 Å². The topological polar surface area (TPSA) is 106 Å². The van der Waals surface area contributed by atoms with Crippen molar-refractivity contribution >= 4 is 20.0 Å². The summed E-state index contributed by atoms with van der Waals surface area (Å²) < 4.78 is 49.8. The zero-order valence-corrected chi connectivity index (χ0v) is 12.0. The van der Waals surface area contributed by atoms with Crippen molar-refractivity contribution in [1.82, 2.24) is 4.72 Å². The second-order valence-corrected chi connectivity index (χ2v) is 7.95. The molecule has 1 aromatic rings. The molecule has 0 saturated heterocycles. The molecular formula is C11H16N2O4S2. The number of benzene rings is 1. The van der Waals surface area contributed by atoms with E-state index in [9.17, 15) is 16.8 Å². The number of nitrogens with two attached hydrogens (primary N) is 1. The molecule has 1 aliphatic carbocycles. The van der Waals surface area contributed by atoms with E-state index < -0.39 is 20.0 Å². The molecule has 0 spiro atoms. The largest absolute Gasteiger partial charge is 0.242 e. The highest BCUT2D eigenvalue weighted by atomic mass is 32.2. The highest BCUT2D eigenvalue weighted by Gasteiger charge is 2.32. The van der Waals surface area contributed by atoms with Crippen LogP contribution in [0.3, 0.4) is 0 Å². The molecule has 1 aliphatic rings. The fraction of sp³-hybridized carbons (Fsp3) is 0.455. The van der Waals surface area contributed by atoms with E-state index in [0.717, 1.165) is 12.8 Å². The van der Waals surface area contributed by atoms with Gasteiger partial charge in [0.25, 0.3) is 0 Å². The molecule has 1 fully saturated rings. The summed E-state index contributed by atoms with van der Waals surface area (Å²) in [6.45, 7) is 1.77. The van der Waals surface area contributed by atoms with Gasteiger partial charge in [0.1, 0.15) is 9.79 Å². The monoisotopic (exact) mass is 304 g/mol. The van der Waals surface area contributed by atoms with Gasteiger partial charge in [-0.15, -0.1) is 0 Å². The number of nitrogens with one attached hydrogen (secondary N) is 1. The molecule has 0 heterocycles. The van der Waals surface area contributed by atoms with Gasteiger partial charge in [-0.1, -0.05) is 12.1 Å². The third kappa shape index (κ3) is 3.33. The quantitative estimate of drug-likeness (QED) is 0.821. The Morgan fingerprint density at radius 1 is 1.16 bits per heavy atom. The van der Waals surface area contributed by atoms with E-state index in [1.165, 1.54) is 24.3 Å². The molecule has 0 amide bonds. The van der Waals surface area contributed by atoms with Gasteiger partial charge < -0.3 is 0 Å². The summed E-state index contributed by atoms with van der Waals surface area (Å²) in [6.07, 6.45) is 1.97. The number of rotatable bonds is 5. The minimum Gasteiger partial charge on any atom is -0.225 e. The van der Waals surface area contributed by atoms with E-state index in [4.69, 9.17) is 5.14 Å². The Labute approximate surface area is 113 Å². The molecular weight excluding hydrogens is 288 g/mol. The standard InChI is InChI=1S/C11H16N2O4S2/c1-8(9-6-7-9)13-19(16,17)11-5-3-2-4-10(11)18(12,14)15/h2-5,8-9,13H,6-7H2,1H3,(H2,12,14,15). The zero-order chi connectivity index (χ0) is 14.3. The minimum atomic E-state index is -4.08. The van der Waals surface area contributed by atoms with E-state index in [2.05, 4.69) is 4.72 Å². The van der Waals surface area contributed by atoms with E-state index in [0.29, 0.717) is 5.92 Å². The summed E-state index contributed by atoms with van der Waals surface area (Å²) in [5.41, 5.74) is 0. The van der Waals surface area contributed by atoms with Crippen molar-refractivity contribution in [2.75, 3.05) is 0 Å². The average molecular weight is 304 g/mol. The maximum absolute atomic E-state index is 12.2. The van der Waals surface area contributed by atoms with Crippen LogP contribution < -0.4 is 9.86 Å². The van der Waals surface area contributed by atoms with Crippen molar-refractivity contribution in [1.29, 1.82) is 0 Å². The van der Waals surface area contributed by atoms with E-state index >= 15 is 0 Å². The van der Waals surface area contributed by atoms with Crippen molar-refractivity contribution in [3.8, 4) is 0 Å². The minimum absolute atomic E-state index is 0.210. The molecule has 0 bridgehead atoms. The van der Waals surface area contributed by atoms with Crippen LogP contribution in [0.4, 0.5) is 0 Å². The normalized spacial score (nSPS) is 18.2. The Kier molecular flexibility index (Phi) is 3.69. The Bertz CT molecular complexity index is 678. The van der Waals surface area contributed by atoms with Gasteiger partial charge in [-0.05, 0) is 37.8 Å². The van der Waals surface area contributed by atoms with Gasteiger partial charge in [0.2, 0.25) is 20.0 Å². The predicted molar refractivity (Wildman–Crippen MR) is 70.3 cm³/mol. The second-order valence-electron chi connectivity index (χ2n) is 4.74. The highest BCUT2D eigenvalue weighted by Crippen LogP contribution is 2.33. The molecule has 6 nitrogen and oxygen atoms in total. The Hall–Kier alpha value is -0.960. The smallest absolute Gasteiger partial charge is 0.225 e. The summed E-state index contributed by atoms with van der Waals surface area (Å²) >= 11 is 0. The lowest BCUT2D eigenvalue weighted by Gasteiger charge is -2.15. The second kappa shape index (κ2) is 4.86. The SMILES string of the molecule is CC(NS(=O)(=O)c1ccccc1S(N)(=O)=O)C1CC1. The lowest BCUT2D eigenvalue weighted by Crippen LogP contribution is -2.35. The van der Waals surface area contributed by atoms with Crippen LogP contribution in [0.2, 0.25) is 0 Å². The fourth-order valence-electron chi connectivity index (χ4n) is 1.91. The lowest BCUT2D eigenvalue weighted by atomic mass is 10.2. The molecule has 8 heteroatoms. The highest BCUT2D eigenvalue weighted by molar-refractivity contribution is 7.92. The van der Waals surface area contributed by atoms with Crippen molar-refractivity contribution in [3.63, 3.8) is 0 Å². The number of sulfonamides is 2. The molecule has 0 aromatic heterocycles. The van der Waals surface area contributed by atoms with Crippen molar-refractivity contribution in [3.05, 3.63) is 24.3 Å². The molecule has 1 unspecified atom stereocenters. The van der Waals surface area contributed by atoms with Gasteiger partial charge in [0.15, 0.2) is 0 Å². The van der Waals surface area contributed by atoms with Gasteiger partial charge in [-0.2, -0.15) is 0 Å². The fourth-order valence-corrected chi connectivity index (χ4v) is 4.60. The molecule has 1 saturated carbocycles. The number of hydrogen-bond donors (Lipinski definition) is 2. The van der Waals surface area contributed by atoms with Gasteiger partial charge in [-0.25, -0.2) is 26.7 Å². The summed E-state index contributed by atoms with van der Waals surface area (Å²) in [7, 11) is -7.96. The van der Waals surface area contributed by atoms with Gasteiger partial charge >= 0.3 is 0 Å². The maximum atomic E-state index is 12.2. The zero-order valence-electron chi connectivity index (χ0n) is 10.4. The Morgan fingerprint density at radius 3 is 2.16 bits per heavy atom. The van der Waals surface area contributed by atoms with Crippen LogP contribution in [0.15, 0.2) is 34.1 Å². The van der Waals surface area contributed by atoms with Crippen LogP contribution in [-0.4, -0.2) is 22.9 Å². The summed E-state index contributed by atoms with van der Waals surface area (Å²) in [5, 5.41) is 5.04.